The third-order valence-corrected chi connectivity index (χ3v) is 11.8. The maximum atomic E-state index is 13.9. The molecule has 2 saturated heterocycles. The number of halogens is 1. The molecule has 2 heterocycles. The van der Waals surface area contributed by atoms with Gasteiger partial charge in [0.05, 0.1) is 30.3 Å². The Morgan fingerprint density at radius 3 is 2.13 bits per heavy atom. The summed E-state index contributed by atoms with van der Waals surface area (Å²) in [6.45, 7) is 9.56. The molecule has 1 amide bonds. The number of para-hydroxylation sites is 1. The van der Waals surface area contributed by atoms with E-state index < -0.39 is 6.10 Å². The minimum Gasteiger partial charge on any atom is -0.489 e. The normalized spacial score (nSPS) is 24.8. The Hall–Kier alpha value is -4.78. The van der Waals surface area contributed by atoms with Crippen molar-refractivity contribution in [2.75, 3.05) is 4.90 Å². The second kappa shape index (κ2) is 16.1. The molecule has 0 unspecified atom stereocenters. The zero-order valence-electron chi connectivity index (χ0n) is 31.1. The minimum absolute atomic E-state index is 0.00867. The maximum absolute atomic E-state index is 13.9. The highest BCUT2D eigenvalue weighted by atomic mass is 19.1. The summed E-state index contributed by atoms with van der Waals surface area (Å²) in [7, 11) is 0. The van der Waals surface area contributed by atoms with Crippen LogP contribution in [0.3, 0.4) is 0 Å². The van der Waals surface area contributed by atoms with E-state index >= 15 is 0 Å². The van der Waals surface area contributed by atoms with E-state index in [9.17, 15) is 14.3 Å². The Labute approximate surface area is 313 Å². The van der Waals surface area contributed by atoms with Gasteiger partial charge in [-0.05, 0) is 95.2 Å². The van der Waals surface area contributed by atoms with Crippen LogP contribution in [0, 0.1) is 29.5 Å². The molecule has 53 heavy (non-hydrogen) atoms. The van der Waals surface area contributed by atoms with E-state index in [2.05, 4.69) is 70.2 Å². The van der Waals surface area contributed by atoms with E-state index in [0.29, 0.717) is 42.8 Å². The molecular weight excluding hydrogens is 662 g/mol. The first-order chi connectivity index (χ1) is 25.7. The quantitative estimate of drug-likeness (QED) is 0.131. The summed E-state index contributed by atoms with van der Waals surface area (Å²) in [5, 5.41) is 11.0. The molecule has 8 atom stereocenters. The number of carbonyl (C=O) groups is 1. The molecule has 2 aliphatic rings. The van der Waals surface area contributed by atoms with Gasteiger partial charge in [0, 0.05) is 11.3 Å². The number of aliphatic hydroxyl groups is 1. The summed E-state index contributed by atoms with van der Waals surface area (Å²) in [5.41, 5.74) is 6.72. The molecule has 0 aromatic heterocycles. The number of amides is 1. The van der Waals surface area contributed by atoms with Crippen LogP contribution >= 0.6 is 0 Å². The van der Waals surface area contributed by atoms with Gasteiger partial charge >= 0.3 is 0 Å². The van der Waals surface area contributed by atoms with Crippen molar-refractivity contribution in [2.24, 2.45) is 23.7 Å². The van der Waals surface area contributed by atoms with Crippen LogP contribution in [-0.4, -0.2) is 17.1 Å². The Bertz CT molecular complexity index is 1960. The summed E-state index contributed by atoms with van der Waals surface area (Å²) in [4.78, 5) is 15.8. The van der Waals surface area contributed by atoms with Crippen molar-refractivity contribution >= 4 is 11.6 Å². The molecule has 5 nitrogen and oxygen atoms in total. The molecule has 2 aliphatic heterocycles. The summed E-state index contributed by atoms with van der Waals surface area (Å²) in [5.74, 6) is 1.52. The van der Waals surface area contributed by atoms with Gasteiger partial charge in [-0.3, -0.25) is 4.79 Å². The molecule has 1 N–H and O–H groups in total. The monoisotopic (exact) mass is 711 g/mol. The fraction of sp³-hybridized carbons (Fsp3) is 0.340. The molecule has 2 fully saturated rings. The second-order valence-corrected chi connectivity index (χ2v) is 15.0. The van der Waals surface area contributed by atoms with Crippen LogP contribution in [0.2, 0.25) is 0 Å². The number of anilines is 1. The van der Waals surface area contributed by atoms with E-state index in [1.54, 1.807) is 12.1 Å². The van der Waals surface area contributed by atoms with Crippen molar-refractivity contribution in [3.05, 3.63) is 155 Å². The summed E-state index contributed by atoms with van der Waals surface area (Å²) >= 11 is 0. The number of β-lactam (4-membered cyclic amide) rings is 1. The third-order valence-electron chi connectivity index (χ3n) is 11.8. The van der Waals surface area contributed by atoms with Gasteiger partial charge in [0.15, 0.2) is 0 Å². The lowest BCUT2D eigenvalue weighted by molar-refractivity contribution is -0.136. The molecule has 0 radical (unpaired) electrons. The smallest absolute Gasteiger partial charge is 0.233 e. The van der Waals surface area contributed by atoms with Gasteiger partial charge in [-0.2, -0.15) is 0 Å². The maximum Gasteiger partial charge on any atom is 0.233 e. The van der Waals surface area contributed by atoms with E-state index in [1.165, 1.54) is 17.7 Å². The number of aliphatic hydroxyl groups excluding tert-OH is 1. The first-order valence-electron chi connectivity index (χ1n) is 19.1. The average Bonchev–Trinajstić information content (AvgIpc) is 3.19. The fourth-order valence-electron chi connectivity index (χ4n) is 8.31. The first kappa shape index (κ1) is 36.6. The van der Waals surface area contributed by atoms with Crippen LogP contribution in [0.1, 0.15) is 87.5 Å². The summed E-state index contributed by atoms with van der Waals surface area (Å²) in [6.07, 6.45) is 1.35. The molecular formula is C47H50FNO4. The number of benzene rings is 5. The van der Waals surface area contributed by atoms with Crippen LogP contribution in [0.25, 0.3) is 11.1 Å². The third kappa shape index (κ3) is 7.67. The van der Waals surface area contributed by atoms with E-state index in [-0.39, 0.29) is 35.9 Å². The molecule has 5 aromatic carbocycles. The SMILES string of the molecule is CC[C@H]1O[C@@H](c2ccc(-c3ccc([C@@H]4[C@@H](CC[C@H](O)c5ccc(F)cc5)C(=O)N4c4ccccc4)c(OCc4ccccc4)c3)cc2)[C@H](C)[C@@H](C)[C@@H]1C. The van der Waals surface area contributed by atoms with Gasteiger partial charge in [0.25, 0.3) is 0 Å². The lowest BCUT2D eigenvalue weighted by Gasteiger charge is -2.48. The summed E-state index contributed by atoms with van der Waals surface area (Å²) in [6, 6.07) is 40.5. The Morgan fingerprint density at radius 2 is 1.45 bits per heavy atom. The molecule has 274 valence electrons. The number of hydrogen-bond donors (Lipinski definition) is 1. The van der Waals surface area contributed by atoms with E-state index in [4.69, 9.17) is 9.47 Å². The Balaban J connectivity index is 1.20. The topological polar surface area (TPSA) is 59.0 Å². The van der Waals surface area contributed by atoms with Gasteiger partial charge in [0.1, 0.15) is 18.2 Å². The zero-order valence-corrected chi connectivity index (χ0v) is 31.1. The fourth-order valence-corrected chi connectivity index (χ4v) is 8.31. The number of carbonyl (C=O) groups excluding carboxylic acids is 1. The van der Waals surface area contributed by atoms with Gasteiger partial charge in [-0.25, -0.2) is 4.39 Å². The van der Waals surface area contributed by atoms with Crippen LogP contribution in [-0.2, 0) is 16.1 Å². The lowest BCUT2D eigenvalue weighted by atomic mass is 9.74. The van der Waals surface area contributed by atoms with Crippen molar-refractivity contribution in [3.8, 4) is 16.9 Å². The average molecular weight is 712 g/mol. The van der Waals surface area contributed by atoms with Crippen molar-refractivity contribution in [3.63, 3.8) is 0 Å². The number of hydrogen-bond acceptors (Lipinski definition) is 4. The van der Waals surface area contributed by atoms with Crippen LogP contribution in [0.5, 0.6) is 5.75 Å². The molecule has 6 heteroatoms. The number of rotatable bonds is 12. The highest BCUT2D eigenvalue weighted by molar-refractivity contribution is 6.03. The second-order valence-electron chi connectivity index (χ2n) is 15.0. The Morgan fingerprint density at radius 1 is 0.792 bits per heavy atom. The first-order valence-corrected chi connectivity index (χ1v) is 19.1. The van der Waals surface area contributed by atoms with E-state index in [1.807, 2.05) is 65.6 Å². The highest BCUT2D eigenvalue weighted by Crippen LogP contribution is 2.50. The predicted molar refractivity (Wildman–Crippen MR) is 209 cm³/mol. The molecule has 0 aliphatic carbocycles. The van der Waals surface area contributed by atoms with Gasteiger partial charge in [-0.1, -0.05) is 125 Å². The van der Waals surface area contributed by atoms with Crippen molar-refractivity contribution < 1.29 is 23.8 Å². The molecule has 7 rings (SSSR count). The summed E-state index contributed by atoms with van der Waals surface area (Å²) < 4.78 is 26.9. The van der Waals surface area contributed by atoms with Crippen molar-refractivity contribution in [1.29, 1.82) is 0 Å². The Kier molecular flexibility index (Phi) is 11.1. The van der Waals surface area contributed by atoms with Crippen LogP contribution < -0.4 is 9.64 Å². The minimum atomic E-state index is -0.810. The van der Waals surface area contributed by atoms with Gasteiger partial charge in [0.2, 0.25) is 5.91 Å². The molecule has 0 spiro atoms. The van der Waals surface area contributed by atoms with Crippen molar-refractivity contribution in [2.45, 2.75) is 77.9 Å². The van der Waals surface area contributed by atoms with Crippen molar-refractivity contribution in [1.82, 2.24) is 0 Å². The molecule has 5 aromatic rings. The molecule has 0 saturated carbocycles. The number of nitrogens with zero attached hydrogens (tertiary/aromatic N) is 1. The molecule has 0 bridgehead atoms. The zero-order chi connectivity index (χ0) is 37.1. The van der Waals surface area contributed by atoms with Gasteiger partial charge < -0.3 is 19.5 Å². The van der Waals surface area contributed by atoms with Crippen LogP contribution in [0.15, 0.2) is 127 Å². The standard InChI is InChI=1S/C47H50FNO4/c1-5-43-31(3)30(2)32(4)46(53-43)36-18-16-34(17-19-36)37-22-25-40(44(28-37)52-29-33-12-8-6-9-13-33)45-41(47(51)49(45)39-14-10-7-11-15-39)26-27-42(50)35-20-23-38(48)24-21-35/h6-25,28,30-32,41-43,45-46,50H,5,26-27,29H2,1-4H3/t30-,31-,32+,41+,42-,43+,45+,46+/m0/s1. The van der Waals surface area contributed by atoms with E-state index in [0.717, 1.165) is 40.1 Å². The highest BCUT2D eigenvalue weighted by Gasteiger charge is 2.49. The van der Waals surface area contributed by atoms with Crippen LogP contribution in [0.4, 0.5) is 10.1 Å². The van der Waals surface area contributed by atoms with Gasteiger partial charge in [-0.15, -0.1) is 0 Å². The largest absolute Gasteiger partial charge is 0.489 e. The lowest BCUT2D eigenvalue weighted by Crippen LogP contribution is -2.55. The predicted octanol–water partition coefficient (Wildman–Crippen LogP) is 11.0. The number of ether oxygens (including phenoxy) is 2.